The number of carbonyl (C=O) groups excluding carboxylic acids is 1. The first-order chi connectivity index (χ1) is 8.13. The molecule has 88 valence electrons. The van der Waals surface area contributed by atoms with Crippen LogP contribution < -0.4 is 0 Å². The van der Waals surface area contributed by atoms with Crippen molar-refractivity contribution >= 4 is 5.78 Å². The summed E-state index contributed by atoms with van der Waals surface area (Å²) in [6.07, 6.45) is 3.36. The SMILES string of the molecule is CC(C)C(C#N)C(=O)c1ccc2c(c1)CCC2. The van der Waals surface area contributed by atoms with E-state index < -0.39 is 5.92 Å². The van der Waals surface area contributed by atoms with E-state index in [4.69, 9.17) is 5.26 Å². The largest absolute Gasteiger partial charge is 0.293 e. The van der Waals surface area contributed by atoms with E-state index in [-0.39, 0.29) is 11.7 Å². The van der Waals surface area contributed by atoms with Crippen LogP contribution >= 0.6 is 0 Å². The van der Waals surface area contributed by atoms with Gasteiger partial charge >= 0.3 is 0 Å². The van der Waals surface area contributed by atoms with Gasteiger partial charge in [0, 0.05) is 5.56 Å². The van der Waals surface area contributed by atoms with Gasteiger partial charge in [-0.2, -0.15) is 5.26 Å². The second kappa shape index (κ2) is 4.71. The average Bonchev–Trinajstić information content (AvgIpc) is 2.75. The molecular formula is C15H17NO. The van der Waals surface area contributed by atoms with Crippen LogP contribution in [0.3, 0.4) is 0 Å². The highest BCUT2D eigenvalue weighted by molar-refractivity contribution is 5.99. The second-order valence-electron chi connectivity index (χ2n) is 5.05. The lowest BCUT2D eigenvalue weighted by Crippen LogP contribution is -2.18. The summed E-state index contributed by atoms with van der Waals surface area (Å²) in [6.45, 7) is 3.83. The lowest BCUT2D eigenvalue weighted by atomic mass is 9.88. The Morgan fingerprint density at radius 2 is 2.00 bits per heavy atom. The first kappa shape index (κ1) is 11.9. The summed E-state index contributed by atoms with van der Waals surface area (Å²) in [7, 11) is 0. The van der Waals surface area contributed by atoms with Crippen molar-refractivity contribution in [1.29, 1.82) is 5.26 Å². The predicted octanol–water partition coefficient (Wildman–Crippen LogP) is 3.15. The highest BCUT2D eigenvalue weighted by Gasteiger charge is 2.24. The van der Waals surface area contributed by atoms with Crippen LogP contribution in [0.5, 0.6) is 0 Å². The number of nitrogens with zero attached hydrogens (tertiary/aromatic N) is 1. The lowest BCUT2D eigenvalue weighted by Gasteiger charge is -2.12. The summed E-state index contributed by atoms with van der Waals surface area (Å²) in [5.41, 5.74) is 3.35. The van der Waals surface area contributed by atoms with Crippen molar-refractivity contribution in [2.45, 2.75) is 33.1 Å². The fourth-order valence-corrected chi connectivity index (χ4v) is 2.42. The Morgan fingerprint density at radius 1 is 1.29 bits per heavy atom. The minimum atomic E-state index is -0.519. The number of benzene rings is 1. The summed E-state index contributed by atoms with van der Waals surface area (Å²) >= 11 is 0. The van der Waals surface area contributed by atoms with E-state index in [9.17, 15) is 4.79 Å². The van der Waals surface area contributed by atoms with E-state index in [0.717, 1.165) is 12.8 Å². The zero-order chi connectivity index (χ0) is 12.4. The van der Waals surface area contributed by atoms with E-state index in [1.165, 1.54) is 17.5 Å². The maximum Gasteiger partial charge on any atom is 0.180 e. The lowest BCUT2D eigenvalue weighted by molar-refractivity contribution is 0.0924. The van der Waals surface area contributed by atoms with Gasteiger partial charge in [0.1, 0.15) is 5.92 Å². The van der Waals surface area contributed by atoms with E-state index in [2.05, 4.69) is 6.07 Å². The quantitative estimate of drug-likeness (QED) is 0.744. The number of nitriles is 1. The van der Waals surface area contributed by atoms with Crippen LogP contribution in [0.1, 0.15) is 41.8 Å². The van der Waals surface area contributed by atoms with Gasteiger partial charge < -0.3 is 0 Å². The molecule has 1 aliphatic carbocycles. The maximum atomic E-state index is 12.2. The van der Waals surface area contributed by atoms with Crippen molar-refractivity contribution in [3.63, 3.8) is 0 Å². The van der Waals surface area contributed by atoms with Gasteiger partial charge in [0.2, 0.25) is 0 Å². The molecule has 0 saturated heterocycles. The number of rotatable bonds is 3. The van der Waals surface area contributed by atoms with Gasteiger partial charge in [-0.3, -0.25) is 4.79 Å². The molecule has 1 unspecified atom stereocenters. The molecule has 2 nitrogen and oxygen atoms in total. The van der Waals surface area contributed by atoms with Crippen LogP contribution in [0.2, 0.25) is 0 Å². The van der Waals surface area contributed by atoms with E-state index in [0.29, 0.717) is 5.56 Å². The van der Waals surface area contributed by atoms with Crippen molar-refractivity contribution in [1.82, 2.24) is 0 Å². The van der Waals surface area contributed by atoms with Gasteiger partial charge in [-0.05, 0) is 42.4 Å². The summed E-state index contributed by atoms with van der Waals surface area (Å²) in [5.74, 6) is -0.479. The molecule has 17 heavy (non-hydrogen) atoms. The van der Waals surface area contributed by atoms with E-state index in [1.807, 2.05) is 32.0 Å². The average molecular weight is 227 g/mol. The third-order valence-electron chi connectivity index (χ3n) is 3.47. The van der Waals surface area contributed by atoms with Gasteiger partial charge in [-0.1, -0.05) is 26.0 Å². The zero-order valence-corrected chi connectivity index (χ0v) is 10.4. The number of hydrogen-bond donors (Lipinski definition) is 0. The van der Waals surface area contributed by atoms with Gasteiger partial charge in [0.25, 0.3) is 0 Å². The normalized spacial score (nSPS) is 15.4. The molecule has 1 aliphatic rings. The Balaban J connectivity index is 2.29. The van der Waals surface area contributed by atoms with Crippen LogP contribution in [0.25, 0.3) is 0 Å². The third-order valence-corrected chi connectivity index (χ3v) is 3.47. The van der Waals surface area contributed by atoms with Crippen LogP contribution in [0.15, 0.2) is 18.2 Å². The van der Waals surface area contributed by atoms with Crippen LogP contribution in [0.4, 0.5) is 0 Å². The number of aryl methyl sites for hydroxylation is 2. The number of hydrogen-bond acceptors (Lipinski definition) is 2. The zero-order valence-electron chi connectivity index (χ0n) is 10.4. The molecule has 1 aromatic rings. The Bertz CT molecular complexity index is 482. The van der Waals surface area contributed by atoms with Crippen LogP contribution in [0, 0.1) is 23.2 Å². The van der Waals surface area contributed by atoms with Crippen molar-refractivity contribution in [2.75, 3.05) is 0 Å². The fourth-order valence-electron chi connectivity index (χ4n) is 2.42. The molecule has 0 heterocycles. The second-order valence-corrected chi connectivity index (χ2v) is 5.05. The highest BCUT2D eigenvalue weighted by Crippen LogP contribution is 2.25. The van der Waals surface area contributed by atoms with Crippen LogP contribution in [-0.2, 0) is 12.8 Å². The van der Waals surface area contributed by atoms with Crippen molar-refractivity contribution in [3.8, 4) is 6.07 Å². The number of fused-ring (bicyclic) bond motifs is 1. The molecule has 0 saturated carbocycles. The molecular weight excluding hydrogens is 210 g/mol. The topological polar surface area (TPSA) is 40.9 Å². The third kappa shape index (κ3) is 2.24. The first-order valence-electron chi connectivity index (χ1n) is 6.19. The van der Waals surface area contributed by atoms with Crippen molar-refractivity contribution in [3.05, 3.63) is 34.9 Å². The Hall–Kier alpha value is -1.62. The highest BCUT2D eigenvalue weighted by atomic mass is 16.1. The summed E-state index contributed by atoms with van der Waals surface area (Å²) < 4.78 is 0. The van der Waals surface area contributed by atoms with Crippen molar-refractivity contribution in [2.24, 2.45) is 11.8 Å². The van der Waals surface area contributed by atoms with Gasteiger partial charge in [0.15, 0.2) is 5.78 Å². The molecule has 0 radical (unpaired) electrons. The van der Waals surface area contributed by atoms with E-state index >= 15 is 0 Å². The monoisotopic (exact) mass is 227 g/mol. The molecule has 0 aromatic heterocycles. The molecule has 0 fully saturated rings. The maximum absolute atomic E-state index is 12.2. The number of carbonyl (C=O) groups is 1. The molecule has 2 rings (SSSR count). The minimum Gasteiger partial charge on any atom is -0.293 e. The molecule has 1 aromatic carbocycles. The smallest absolute Gasteiger partial charge is 0.180 e. The summed E-state index contributed by atoms with van der Waals surface area (Å²) in [5, 5.41) is 9.05. The Morgan fingerprint density at radius 3 is 2.65 bits per heavy atom. The fraction of sp³-hybridized carbons (Fsp3) is 0.467. The van der Waals surface area contributed by atoms with Gasteiger partial charge in [-0.15, -0.1) is 0 Å². The van der Waals surface area contributed by atoms with Gasteiger partial charge in [0.05, 0.1) is 6.07 Å². The molecule has 0 amide bonds. The molecule has 0 N–H and O–H groups in total. The summed E-state index contributed by atoms with van der Waals surface area (Å²) in [4.78, 5) is 12.2. The molecule has 0 spiro atoms. The van der Waals surface area contributed by atoms with Crippen molar-refractivity contribution < 1.29 is 4.79 Å². The number of ketones is 1. The molecule has 0 aliphatic heterocycles. The minimum absolute atomic E-state index is 0.0304. The number of Topliss-reactive ketones (excluding diaryl/α,β-unsaturated/α-hetero) is 1. The Labute approximate surface area is 102 Å². The standard InChI is InChI=1S/C15H17NO/c1-10(2)14(9-16)15(17)13-7-6-11-4-3-5-12(11)8-13/h6-8,10,14H,3-5H2,1-2H3. The first-order valence-corrected chi connectivity index (χ1v) is 6.19. The van der Waals surface area contributed by atoms with Gasteiger partial charge in [-0.25, -0.2) is 0 Å². The molecule has 0 bridgehead atoms. The predicted molar refractivity (Wildman–Crippen MR) is 66.7 cm³/mol. The molecule has 2 heteroatoms. The Kier molecular flexibility index (Phi) is 3.28. The summed E-state index contributed by atoms with van der Waals surface area (Å²) in [6, 6.07) is 8.02. The van der Waals surface area contributed by atoms with E-state index in [1.54, 1.807) is 0 Å². The van der Waals surface area contributed by atoms with Crippen LogP contribution in [-0.4, -0.2) is 5.78 Å². The molecule has 1 atom stereocenters.